The summed E-state index contributed by atoms with van der Waals surface area (Å²) in [7, 11) is 3.32. The quantitative estimate of drug-likeness (QED) is 0.466. The molecule has 0 aliphatic carbocycles. The van der Waals surface area contributed by atoms with Gasteiger partial charge in [0.1, 0.15) is 17.2 Å². The molecular formula is C24H20Cl2N2O3. The Morgan fingerprint density at radius 1 is 0.903 bits per heavy atom. The van der Waals surface area contributed by atoms with Crippen molar-refractivity contribution in [1.82, 2.24) is 5.01 Å². The van der Waals surface area contributed by atoms with Gasteiger partial charge in [-0.05, 0) is 60.2 Å². The fourth-order valence-corrected chi connectivity index (χ4v) is 4.56. The number of methoxy groups -OCH3 is 2. The Bertz CT molecular complexity index is 1160. The van der Waals surface area contributed by atoms with E-state index in [9.17, 15) is 0 Å². The Hall–Kier alpha value is -2.89. The molecule has 2 atom stereocenters. The zero-order chi connectivity index (χ0) is 21.5. The molecule has 0 amide bonds. The molecule has 2 aliphatic heterocycles. The third-order valence-electron chi connectivity index (χ3n) is 5.65. The summed E-state index contributed by atoms with van der Waals surface area (Å²) in [6.45, 7) is 0. The van der Waals surface area contributed by atoms with E-state index in [-0.39, 0.29) is 6.04 Å². The van der Waals surface area contributed by atoms with Gasteiger partial charge in [-0.1, -0.05) is 29.3 Å². The normalized spacial score (nSPS) is 19.2. The molecule has 0 aromatic heterocycles. The average Bonchev–Trinajstić information content (AvgIpc) is 3.24. The van der Waals surface area contributed by atoms with Gasteiger partial charge >= 0.3 is 0 Å². The number of hydrogen-bond donors (Lipinski definition) is 0. The predicted octanol–water partition coefficient (Wildman–Crippen LogP) is 6.25. The maximum atomic E-state index is 6.54. The lowest BCUT2D eigenvalue weighted by Gasteiger charge is -2.38. The van der Waals surface area contributed by atoms with E-state index < -0.39 is 6.23 Å². The Morgan fingerprint density at radius 2 is 1.65 bits per heavy atom. The Kier molecular flexibility index (Phi) is 5.16. The number of ether oxygens (including phenoxy) is 3. The van der Waals surface area contributed by atoms with Crippen molar-refractivity contribution < 1.29 is 14.2 Å². The molecule has 5 nitrogen and oxygen atoms in total. The van der Waals surface area contributed by atoms with Crippen molar-refractivity contribution in [3.63, 3.8) is 0 Å². The highest BCUT2D eigenvalue weighted by Crippen LogP contribution is 2.49. The summed E-state index contributed by atoms with van der Waals surface area (Å²) in [5.74, 6) is 2.39. The molecule has 3 aromatic carbocycles. The maximum absolute atomic E-state index is 6.54. The van der Waals surface area contributed by atoms with E-state index in [1.807, 2.05) is 59.6 Å². The smallest absolute Gasteiger partial charge is 0.215 e. The van der Waals surface area contributed by atoms with E-state index in [4.69, 9.17) is 42.5 Å². The zero-order valence-electron chi connectivity index (χ0n) is 17.0. The predicted molar refractivity (Wildman–Crippen MR) is 122 cm³/mol. The Balaban J connectivity index is 1.59. The first-order chi connectivity index (χ1) is 15.1. The highest BCUT2D eigenvalue weighted by atomic mass is 35.5. The van der Waals surface area contributed by atoms with Crippen LogP contribution in [0.25, 0.3) is 0 Å². The van der Waals surface area contributed by atoms with Crippen molar-refractivity contribution in [3.05, 3.63) is 87.4 Å². The second-order valence-corrected chi connectivity index (χ2v) is 8.26. The average molecular weight is 455 g/mol. The molecule has 2 aliphatic rings. The molecule has 0 spiro atoms. The molecule has 5 rings (SSSR count). The van der Waals surface area contributed by atoms with Crippen molar-refractivity contribution in [1.29, 1.82) is 0 Å². The molecule has 0 unspecified atom stereocenters. The highest BCUT2D eigenvalue weighted by molar-refractivity contribution is 6.35. The van der Waals surface area contributed by atoms with Crippen LogP contribution in [-0.2, 0) is 0 Å². The molecule has 0 saturated heterocycles. The standard InChI is InChI=1S/C24H20Cl2N2O3/c1-29-16-6-3-14(4-7-16)21-13-22-19-12-17(30-2)8-10-23(19)31-24(28(22)27-21)18-9-5-15(25)11-20(18)26/h3-12,22,24H,13H2,1-2H3/t22-,24-/m0/s1. The van der Waals surface area contributed by atoms with Gasteiger partial charge in [0.05, 0.1) is 31.0 Å². The number of hydrogen-bond acceptors (Lipinski definition) is 5. The summed E-state index contributed by atoms with van der Waals surface area (Å²) < 4.78 is 17.1. The van der Waals surface area contributed by atoms with Gasteiger partial charge in [-0.15, -0.1) is 0 Å². The van der Waals surface area contributed by atoms with E-state index >= 15 is 0 Å². The van der Waals surface area contributed by atoms with E-state index in [1.54, 1.807) is 20.3 Å². The highest BCUT2D eigenvalue weighted by Gasteiger charge is 2.41. The SMILES string of the molecule is COc1ccc(C2=NN3[C@@H](C2)c2cc(OC)ccc2O[C@H]3c2ccc(Cl)cc2Cl)cc1. The minimum Gasteiger partial charge on any atom is -0.497 e. The minimum absolute atomic E-state index is 0.00676. The summed E-state index contributed by atoms with van der Waals surface area (Å²) in [5, 5.41) is 8.07. The molecular weight excluding hydrogens is 435 g/mol. The summed E-state index contributed by atoms with van der Waals surface area (Å²) in [6, 6.07) is 19.2. The topological polar surface area (TPSA) is 43.3 Å². The zero-order valence-corrected chi connectivity index (χ0v) is 18.5. The summed E-state index contributed by atoms with van der Waals surface area (Å²) in [6.07, 6.45) is 0.267. The van der Waals surface area contributed by atoms with Crippen LogP contribution in [0.5, 0.6) is 17.2 Å². The largest absolute Gasteiger partial charge is 0.497 e. The molecule has 3 aromatic rings. The molecule has 2 heterocycles. The molecule has 7 heteroatoms. The van der Waals surface area contributed by atoms with Crippen LogP contribution < -0.4 is 14.2 Å². The summed E-state index contributed by atoms with van der Waals surface area (Å²) in [5.41, 5.74) is 3.87. The molecule has 0 radical (unpaired) electrons. The fourth-order valence-electron chi connectivity index (χ4n) is 4.06. The van der Waals surface area contributed by atoms with Crippen LogP contribution >= 0.6 is 23.2 Å². The fraction of sp³-hybridized carbons (Fsp3) is 0.208. The van der Waals surface area contributed by atoms with E-state index in [1.165, 1.54) is 0 Å². The first kappa shape index (κ1) is 20.0. The van der Waals surface area contributed by atoms with Gasteiger partial charge in [-0.25, -0.2) is 5.01 Å². The van der Waals surface area contributed by atoms with Gasteiger partial charge < -0.3 is 14.2 Å². The maximum Gasteiger partial charge on any atom is 0.215 e. The van der Waals surface area contributed by atoms with Crippen LogP contribution in [0.15, 0.2) is 65.8 Å². The number of benzene rings is 3. The summed E-state index contributed by atoms with van der Waals surface area (Å²) >= 11 is 12.7. The second-order valence-electron chi connectivity index (χ2n) is 7.41. The van der Waals surface area contributed by atoms with Crippen LogP contribution in [-0.4, -0.2) is 24.9 Å². The van der Waals surface area contributed by atoms with Crippen molar-refractivity contribution >= 4 is 28.9 Å². The van der Waals surface area contributed by atoms with Gasteiger partial charge in [0, 0.05) is 22.6 Å². The Morgan fingerprint density at radius 3 is 2.35 bits per heavy atom. The first-order valence-corrected chi connectivity index (χ1v) is 10.6. The van der Waals surface area contributed by atoms with Gasteiger partial charge in [-0.3, -0.25) is 0 Å². The monoisotopic (exact) mass is 454 g/mol. The van der Waals surface area contributed by atoms with E-state index in [2.05, 4.69) is 0 Å². The van der Waals surface area contributed by atoms with Crippen molar-refractivity contribution in [2.24, 2.45) is 5.10 Å². The molecule has 0 saturated carbocycles. The van der Waals surface area contributed by atoms with Crippen LogP contribution in [0.3, 0.4) is 0 Å². The van der Waals surface area contributed by atoms with Crippen LogP contribution in [0.1, 0.15) is 35.4 Å². The Labute approximate surface area is 190 Å². The van der Waals surface area contributed by atoms with Crippen molar-refractivity contribution in [2.75, 3.05) is 14.2 Å². The van der Waals surface area contributed by atoms with Crippen LogP contribution in [0, 0.1) is 0 Å². The van der Waals surface area contributed by atoms with Gasteiger partial charge in [0.25, 0.3) is 0 Å². The number of halogens is 2. The third kappa shape index (κ3) is 3.58. The lowest BCUT2D eigenvalue weighted by molar-refractivity contribution is -0.0190. The second kappa shape index (κ2) is 7.98. The molecule has 31 heavy (non-hydrogen) atoms. The molecule has 0 bridgehead atoms. The van der Waals surface area contributed by atoms with Crippen LogP contribution in [0.2, 0.25) is 10.0 Å². The van der Waals surface area contributed by atoms with Gasteiger partial charge in [0.15, 0.2) is 0 Å². The minimum atomic E-state index is -0.466. The van der Waals surface area contributed by atoms with Crippen LogP contribution in [0.4, 0.5) is 0 Å². The van der Waals surface area contributed by atoms with Gasteiger partial charge in [-0.2, -0.15) is 5.10 Å². The number of hydrazone groups is 1. The van der Waals surface area contributed by atoms with Crippen molar-refractivity contribution in [2.45, 2.75) is 18.7 Å². The first-order valence-electron chi connectivity index (χ1n) is 9.87. The van der Waals surface area contributed by atoms with E-state index in [0.717, 1.165) is 46.1 Å². The number of fused-ring (bicyclic) bond motifs is 3. The van der Waals surface area contributed by atoms with Gasteiger partial charge in [0.2, 0.25) is 6.23 Å². The lowest BCUT2D eigenvalue weighted by Crippen LogP contribution is -2.33. The molecule has 158 valence electrons. The van der Waals surface area contributed by atoms with Crippen molar-refractivity contribution in [3.8, 4) is 17.2 Å². The lowest BCUT2D eigenvalue weighted by atomic mass is 9.95. The molecule has 0 N–H and O–H groups in total. The number of nitrogens with zero attached hydrogens (tertiary/aromatic N) is 2. The molecule has 0 fully saturated rings. The van der Waals surface area contributed by atoms with E-state index in [0.29, 0.717) is 10.0 Å². The number of rotatable bonds is 4. The summed E-state index contributed by atoms with van der Waals surface area (Å²) in [4.78, 5) is 0. The third-order valence-corrected chi connectivity index (χ3v) is 6.21.